The number of alkyl halides is 3. The Bertz CT molecular complexity index is 591. The van der Waals surface area contributed by atoms with Crippen molar-refractivity contribution in [3.8, 4) is 11.5 Å². The van der Waals surface area contributed by atoms with Crippen molar-refractivity contribution in [2.75, 3.05) is 20.8 Å². The second-order valence-corrected chi connectivity index (χ2v) is 5.94. The molecule has 0 radical (unpaired) electrons. The summed E-state index contributed by atoms with van der Waals surface area (Å²) in [6, 6.07) is 5.28. The van der Waals surface area contributed by atoms with Gasteiger partial charge in [0.15, 0.2) is 24.1 Å². The van der Waals surface area contributed by atoms with Crippen LogP contribution in [0.3, 0.4) is 0 Å². The maximum atomic E-state index is 12.3. The summed E-state index contributed by atoms with van der Waals surface area (Å²) < 4.78 is 46.7. The number of aliphatic imine (C=N–C) groups is 1. The Morgan fingerprint density at radius 2 is 1.92 bits per heavy atom. The number of rotatable bonds is 6. The third-order valence-corrected chi connectivity index (χ3v) is 4.00. The Morgan fingerprint density at radius 3 is 2.50 bits per heavy atom. The van der Waals surface area contributed by atoms with E-state index in [0.717, 1.165) is 18.4 Å². The van der Waals surface area contributed by atoms with Crippen LogP contribution >= 0.6 is 24.0 Å². The van der Waals surface area contributed by atoms with Crippen molar-refractivity contribution in [1.82, 2.24) is 10.6 Å². The Labute approximate surface area is 168 Å². The van der Waals surface area contributed by atoms with Gasteiger partial charge in [-0.3, -0.25) is 4.99 Å². The van der Waals surface area contributed by atoms with E-state index in [4.69, 9.17) is 9.47 Å². The first-order chi connectivity index (χ1) is 11.9. The van der Waals surface area contributed by atoms with Crippen LogP contribution in [0.15, 0.2) is 23.2 Å². The molecule has 1 aromatic carbocycles. The number of halogens is 4. The van der Waals surface area contributed by atoms with E-state index in [9.17, 15) is 13.2 Å². The second-order valence-electron chi connectivity index (χ2n) is 5.94. The summed E-state index contributed by atoms with van der Waals surface area (Å²) >= 11 is 0. The number of methoxy groups -OCH3 is 1. The molecule has 1 aliphatic rings. The summed E-state index contributed by atoms with van der Waals surface area (Å²) in [4.78, 5) is 4.20. The highest BCUT2D eigenvalue weighted by Gasteiger charge is 2.29. The van der Waals surface area contributed by atoms with Crippen molar-refractivity contribution in [2.45, 2.75) is 44.4 Å². The molecule has 0 aromatic heterocycles. The highest BCUT2D eigenvalue weighted by atomic mass is 127. The van der Waals surface area contributed by atoms with Crippen LogP contribution in [0.1, 0.15) is 31.2 Å². The molecule has 2 N–H and O–H groups in total. The van der Waals surface area contributed by atoms with Crippen LogP contribution in [-0.2, 0) is 6.54 Å². The van der Waals surface area contributed by atoms with E-state index in [1.807, 2.05) is 0 Å². The van der Waals surface area contributed by atoms with Crippen molar-refractivity contribution in [3.05, 3.63) is 23.8 Å². The number of nitrogens with one attached hydrogen (secondary N) is 2. The number of nitrogens with zero attached hydrogens (tertiary/aromatic N) is 1. The number of benzene rings is 1. The summed E-state index contributed by atoms with van der Waals surface area (Å²) in [5.41, 5.74) is 0.852. The lowest BCUT2D eigenvalue weighted by atomic mass is 10.2. The van der Waals surface area contributed by atoms with Gasteiger partial charge in [0, 0.05) is 19.6 Å². The van der Waals surface area contributed by atoms with E-state index < -0.39 is 12.8 Å². The smallest absolute Gasteiger partial charge is 0.422 e. The van der Waals surface area contributed by atoms with Crippen LogP contribution in [0.4, 0.5) is 13.2 Å². The van der Waals surface area contributed by atoms with Crippen LogP contribution in [-0.4, -0.2) is 38.9 Å². The molecule has 5 nitrogen and oxygen atoms in total. The average Bonchev–Trinajstić information content (AvgIpc) is 3.09. The fourth-order valence-electron chi connectivity index (χ4n) is 2.74. The Hall–Kier alpha value is -1.39. The molecule has 9 heteroatoms. The van der Waals surface area contributed by atoms with Crippen molar-refractivity contribution < 1.29 is 22.6 Å². The monoisotopic (exact) mass is 487 g/mol. The lowest BCUT2D eigenvalue weighted by molar-refractivity contribution is -0.153. The molecule has 0 heterocycles. The zero-order chi connectivity index (χ0) is 18.3. The third kappa shape index (κ3) is 7.46. The lowest BCUT2D eigenvalue weighted by Crippen LogP contribution is -2.41. The van der Waals surface area contributed by atoms with Crippen LogP contribution in [0.25, 0.3) is 0 Å². The van der Waals surface area contributed by atoms with E-state index in [0.29, 0.717) is 18.5 Å². The van der Waals surface area contributed by atoms with Gasteiger partial charge < -0.3 is 20.1 Å². The van der Waals surface area contributed by atoms with E-state index >= 15 is 0 Å². The molecular weight excluding hydrogens is 462 g/mol. The summed E-state index contributed by atoms with van der Waals surface area (Å²) in [6.45, 7) is -0.874. The number of ether oxygens (including phenoxy) is 2. The minimum Gasteiger partial charge on any atom is -0.493 e. The molecule has 0 amide bonds. The molecule has 0 atom stereocenters. The standard InChI is InChI=1S/C17H24F3N3O2.HI/c1-21-16(23-13-5-3-4-6-13)22-10-12-7-8-14(15(9-12)24-2)25-11-17(18,19)20;/h7-9,13H,3-6,10-11H2,1-2H3,(H2,21,22,23);1H. The van der Waals surface area contributed by atoms with Crippen molar-refractivity contribution >= 4 is 29.9 Å². The molecule has 1 fully saturated rings. The Balaban J connectivity index is 0.00000338. The predicted octanol–water partition coefficient (Wildman–Crippen LogP) is 3.86. The van der Waals surface area contributed by atoms with Gasteiger partial charge in [-0.15, -0.1) is 24.0 Å². The molecule has 0 aliphatic heterocycles. The first kappa shape index (κ1) is 22.7. The highest BCUT2D eigenvalue weighted by Crippen LogP contribution is 2.29. The van der Waals surface area contributed by atoms with Crippen molar-refractivity contribution in [1.29, 1.82) is 0 Å². The first-order valence-corrected chi connectivity index (χ1v) is 8.25. The van der Waals surface area contributed by atoms with E-state index in [-0.39, 0.29) is 35.5 Å². The van der Waals surface area contributed by atoms with Gasteiger partial charge in [-0.05, 0) is 30.5 Å². The molecule has 26 heavy (non-hydrogen) atoms. The Kier molecular flexibility index (Phi) is 9.31. The molecule has 0 spiro atoms. The molecule has 1 aliphatic carbocycles. The maximum Gasteiger partial charge on any atom is 0.422 e. The number of guanidine groups is 1. The minimum atomic E-state index is -4.39. The molecule has 1 saturated carbocycles. The topological polar surface area (TPSA) is 54.9 Å². The molecule has 2 rings (SSSR count). The van der Waals surface area contributed by atoms with Crippen LogP contribution < -0.4 is 20.1 Å². The number of hydrogen-bond donors (Lipinski definition) is 2. The largest absolute Gasteiger partial charge is 0.493 e. The minimum absolute atomic E-state index is 0. The van der Waals surface area contributed by atoms with Gasteiger partial charge in [0.1, 0.15) is 0 Å². The first-order valence-electron chi connectivity index (χ1n) is 8.25. The van der Waals surface area contributed by atoms with E-state index in [2.05, 4.69) is 15.6 Å². The van der Waals surface area contributed by atoms with E-state index in [1.54, 1.807) is 19.2 Å². The summed E-state index contributed by atoms with van der Waals surface area (Å²) in [7, 11) is 3.10. The summed E-state index contributed by atoms with van der Waals surface area (Å²) in [6.07, 6.45) is 0.347. The molecular formula is C17H25F3IN3O2. The normalized spacial score (nSPS) is 15.3. The summed E-state index contributed by atoms with van der Waals surface area (Å²) in [5, 5.41) is 6.57. The van der Waals surface area contributed by atoms with Gasteiger partial charge >= 0.3 is 6.18 Å². The fraction of sp³-hybridized carbons (Fsp3) is 0.588. The van der Waals surface area contributed by atoms with E-state index in [1.165, 1.54) is 26.0 Å². The zero-order valence-electron chi connectivity index (χ0n) is 14.9. The molecule has 1 aromatic rings. The van der Waals surface area contributed by atoms with Gasteiger partial charge in [0.2, 0.25) is 0 Å². The molecule has 0 bridgehead atoms. The van der Waals surface area contributed by atoms with Crippen LogP contribution in [0.5, 0.6) is 11.5 Å². The SMILES string of the molecule is CN=C(NCc1ccc(OCC(F)(F)F)c(OC)c1)NC1CCCC1.I. The molecule has 0 unspecified atom stereocenters. The third-order valence-electron chi connectivity index (χ3n) is 4.00. The van der Waals surface area contributed by atoms with Gasteiger partial charge in [-0.25, -0.2) is 0 Å². The van der Waals surface area contributed by atoms with Gasteiger partial charge in [-0.1, -0.05) is 18.9 Å². The number of hydrogen-bond acceptors (Lipinski definition) is 3. The average molecular weight is 487 g/mol. The fourth-order valence-corrected chi connectivity index (χ4v) is 2.74. The molecule has 148 valence electrons. The van der Waals surface area contributed by atoms with Gasteiger partial charge in [-0.2, -0.15) is 13.2 Å². The maximum absolute atomic E-state index is 12.3. The van der Waals surface area contributed by atoms with Gasteiger partial charge in [0.25, 0.3) is 0 Å². The lowest BCUT2D eigenvalue weighted by Gasteiger charge is -2.17. The van der Waals surface area contributed by atoms with Crippen LogP contribution in [0.2, 0.25) is 0 Å². The zero-order valence-corrected chi connectivity index (χ0v) is 17.2. The Morgan fingerprint density at radius 1 is 1.23 bits per heavy atom. The predicted molar refractivity (Wildman–Crippen MR) is 106 cm³/mol. The quantitative estimate of drug-likeness (QED) is 0.364. The van der Waals surface area contributed by atoms with Crippen molar-refractivity contribution in [2.24, 2.45) is 4.99 Å². The van der Waals surface area contributed by atoms with Crippen molar-refractivity contribution in [3.63, 3.8) is 0 Å². The summed E-state index contributed by atoms with van der Waals surface area (Å²) in [5.74, 6) is 1.04. The second kappa shape index (κ2) is 10.7. The van der Waals surface area contributed by atoms with Crippen LogP contribution in [0, 0.1) is 0 Å². The molecule has 0 saturated heterocycles. The highest BCUT2D eigenvalue weighted by molar-refractivity contribution is 14.0. The van der Waals surface area contributed by atoms with Gasteiger partial charge in [0.05, 0.1) is 7.11 Å².